The number of H-pyrrole nitrogens is 1. The summed E-state index contributed by atoms with van der Waals surface area (Å²) < 4.78 is 0. The zero-order chi connectivity index (χ0) is 11.5. The summed E-state index contributed by atoms with van der Waals surface area (Å²) in [5.74, 6) is 2.71. The number of nitrogens with zero attached hydrogens (tertiary/aromatic N) is 1. The Bertz CT molecular complexity index is 341. The normalized spacial score (nSPS) is 19.9. The Balaban J connectivity index is 2.11. The maximum Gasteiger partial charge on any atom is 0.151 e. The molecule has 3 heteroatoms. The van der Waals surface area contributed by atoms with Crippen molar-refractivity contribution in [2.24, 2.45) is 11.8 Å². The molecule has 1 unspecified atom stereocenters. The van der Waals surface area contributed by atoms with Crippen LogP contribution in [0.25, 0.3) is 0 Å². The van der Waals surface area contributed by atoms with Gasteiger partial charge in [-0.2, -0.15) is 5.10 Å². The summed E-state index contributed by atoms with van der Waals surface area (Å²) in [6, 6.07) is 0. The number of aromatic amines is 1. The molecule has 2 N–H and O–H groups in total. The lowest BCUT2D eigenvalue weighted by Gasteiger charge is -2.25. The number of aromatic nitrogens is 2. The van der Waals surface area contributed by atoms with E-state index in [0.717, 1.165) is 30.6 Å². The van der Waals surface area contributed by atoms with Crippen molar-refractivity contribution in [3.63, 3.8) is 0 Å². The molecule has 0 saturated carbocycles. The minimum Gasteiger partial charge on any atom is -0.368 e. The predicted molar refractivity (Wildman–Crippen MR) is 67.7 cm³/mol. The lowest BCUT2D eigenvalue weighted by molar-refractivity contribution is 0.342. The molecule has 1 aliphatic rings. The molecule has 1 aromatic rings. The summed E-state index contributed by atoms with van der Waals surface area (Å²) in [5.41, 5.74) is 2.80. The molecule has 0 amide bonds. The number of fused-ring (bicyclic) bond motifs is 1. The topological polar surface area (TPSA) is 40.7 Å². The van der Waals surface area contributed by atoms with Gasteiger partial charge >= 0.3 is 0 Å². The van der Waals surface area contributed by atoms with Gasteiger partial charge < -0.3 is 5.32 Å². The lowest BCUT2D eigenvalue weighted by atomic mass is 9.80. The van der Waals surface area contributed by atoms with E-state index in [-0.39, 0.29) is 0 Å². The average Bonchev–Trinajstić information content (AvgIpc) is 2.68. The van der Waals surface area contributed by atoms with Crippen molar-refractivity contribution in [3.05, 3.63) is 11.3 Å². The minimum atomic E-state index is 0.780. The fraction of sp³-hybridized carbons (Fsp3) is 0.769. The standard InChI is InChI=1S/C13H23N3/c1-4-7-14-13-11-8-10(9(2)3)5-6-12(11)15-16-13/h9-10H,4-8H2,1-3H3,(H2,14,15,16). The third kappa shape index (κ3) is 2.23. The van der Waals surface area contributed by atoms with Gasteiger partial charge in [-0.1, -0.05) is 20.8 Å². The molecule has 2 rings (SSSR count). The van der Waals surface area contributed by atoms with Gasteiger partial charge in [-0.3, -0.25) is 5.10 Å². The maximum absolute atomic E-state index is 4.39. The molecule has 16 heavy (non-hydrogen) atoms. The Labute approximate surface area is 98.0 Å². The van der Waals surface area contributed by atoms with Gasteiger partial charge in [0.2, 0.25) is 0 Å². The van der Waals surface area contributed by atoms with Crippen LogP contribution in [0, 0.1) is 11.8 Å². The predicted octanol–water partition coefficient (Wildman–Crippen LogP) is 2.99. The third-order valence-corrected chi connectivity index (χ3v) is 3.67. The van der Waals surface area contributed by atoms with E-state index in [1.165, 1.54) is 30.5 Å². The summed E-state index contributed by atoms with van der Waals surface area (Å²) in [4.78, 5) is 0. The highest BCUT2D eigenvalue weighted by atomic mass is 15.2. The highest BCUT2D eigenvalue weighted by Gasteiger charge is 2.25. The average molecular weight is 221 g/mol. The van der Waals surface area contributed by atoms with E-state index in [0.29, 0.717) is 0 Å². The molecule has 0 bridgehead atoms. The Morgan fingerprint density at radius 1 is 1.50 bits per heavy atom. The van der Waals surface area contributed by atoms with Crippen molar-refractivity contribution in [1.29, 1.82) is 0 Å². The van der Waals surface area contributed by atoms with Crippen LogP contribution in [-0.2, 0) is 12.8 Å². The maximum atomic E-state index is 4.39. The lowest BCUT2D eigenvalue weighted by Crippen LogP contribution is -2.19. The van der Waals surface area contributed by atoms with Crippen LogP contribution in [0.1, 0.15) is 44.9 Å². The number of aryl methyl sites for hydroxylation is 1. The van der Waals surface area contributed by atoms with Crippen molar-refractivity contribution in [2.45, 2.75) is 46.5 Å². The molecule has 1 heterocycles. The second-order valence-electron chi connectivity index (χ2n) is 5.20. The fourth-order valence-electron chi connectivity index (χ4n) is 2.48. The van der Waals surface area contributed by atoms with Crippen LogP contribution >= 0.6 is 0 Å². The van der Waals surface area contributed by atoms with E-state index >= 15 is 0 Å². The quantitative estimate of drug-likeness (QED) is 0.820. The molecule has 0 aliphatic heterocycles. The molecule has 0 fully saturated rings. The van der Waals surface area contributed by atoms with Gasteiger partial charge in [-0.05, 0) is 37.5 Å². The Morgan fingerprint density at radius 2 is 2.31 bits per heavy atom. The summed E-state index contributed by atoms with van der Waals surface area (Å²) >= 11 is 0. The third-order valence-electron chi connectivity index (χ3n) is 3.67. The molecule has 0 saturated heterocycles. The van der Waals surface area contributed by atoms with Gasteiger partial charge in [0.15, 0.2) is 5.82 Å². The van der Waals surface area contributed by atoms with Gasteiger partial charge in [0.25, 0.3) is 0 Å². The first-order valence-electron chi connectivity index (χ1n) is 6.52. The highest BCUT2D eigenvalue weighted by Crippen LogP contribution is 2.32. The first-order valence-corrected chi connectivity index (χ1v) is 6.52. The van der Waals surface area contributed by atoms with Crippen LogP contribution in [0.5, 0.6) is 0 Å². The Morgan fingerprint density at radius 3 is 3.00 bits per heavy atom. The first-order chi connectivity index (χ1) is 7.72. The van der Waals surface area contributed by atoms with E-state index in [9.17, 15) is 0 Å². The van der Waals surface area contributed by atoms with Crippen LogP contribution in [0.2, 0.25) is 0 Å². The second-order valence-corrected chi connectivity index (χ2v) is 5.20. The molecule has 0 radical (unpaired) electrons. The SMILES string of the molecule is CCCNc1n[nH]c2c1CC(C(C)C)CC2. The number of anilines is 1. The Kier molecular flexibility index (Phi) is 3.52. The molecular formula is C13H23N3. The molecule has 1 aliphatic carbocycles. The van der Waals surface area contributed by atoms with Crippen LogP contribution in [-0.4, -0.2) is 16.7 Å². The Hall–Kier alpha value is -0.990. The van der Waals surface area contributed by atoms with Gasteiger partial charge in [-0.15, -0.1) is 0 Å². The van der Waals surface area contributed by atoms with Gasteiger partial charge in [-0.25, -0.2) is 0 Å². The van der Waals surface area contributed by atoms with E-state index in [1.54, 1.807) is 0 Å². The molecule has 90 valence electrons. The summed E-state index contributed by atoms with van der Waals surface area (Å²) in [6.45, 7) is 7.86. The van der Waals surface area contributed by atoms with Crippen LogP contribution in [0.3, 0.4) is 0 Å². The number of hydrogen-bond donors (Lipinski definition) is 2. The van der Waals surface area contributed by atoms with E-state index in [2.05, 4.69) is 36.3 Å². The molecule has 1 aromatic heterocycles. The van der Waals surface area contributed by atoms with Gasteiger partial charge in [0.05, 0.1) is 0 Å². The van der Waals surface area contributed by atoms with Crippen molar-refractivity contribution in [2.75, 3.05) is 11.9 Å². The van der Waals surface area contributed by atoms with Crippen LogP contribution < -0.4 is 5.32 Å². The number of hydrogen-bond acceptors (Lipinski definition) is 2. The van der Waals surface area contributed by atoms with Crippen LogP contribution in [0.4, 0.5) is 5.82 Å². The molecule has 0 aromatic carbocycles. The zero-order valence-corrected chi connectivity index (χ0v) is 10.6. The van der Waals surface area contributed by atoms with E-state index in [1.807, 2.05) is 0 Å². The second kappa shape index (κ2) is 4.89. The van der Waals surface area contributed by atoms with Crippen molar-refractivity contribution in [3.8, 4) is 0 Å². The smallest absolute Gasteiger partial charge is 0.151 e. The van der Waals surface area contributed by atoms with Crippen molar-refractivity contribution < 1.29 is 0 Å². The fourth-order valence-corrected chi connectivity index (χ4v) is 2.48. The molecular weight excluding hydrogens is 198 g/mol. The minimum absolute atomic E-state index is 0.780. The molecule has 0 spiro atoms. The largest absolute Gasteiger partial charge is 0.368 e. The highest BCUT2D eigenvalue weighted by molar-refractivity contribution is 5.47. The van der Waals surface area contributed by atoms with Gasteiger partial charge in [0.1, 0.15) is 0 Å². The number of nitrogens with one attached hydrogen (secondary N) is 2. The monoisotopic (exact) mass is 221 g/mol. The van der Waals surface area contributed by atoms with Crippen molar-refractivity contribution in [1.82, 2.24) is 10.2 Å². The van der Waals surface area contributed by atoms with Crippen LogP contribution in [0.15, 0.2) is 0 Å². The van der Waals surface area contributed by atoms with E-state index in [4.69, 9.17) is 0 Å². The summed E-state index contributed by atoms with van der Waals surface area (Å²) in [7, 11) is 0. The summed E-state index contributed by atoms with van der Waals surface area (Å²) in [5, 5.41) is 11.0. The molecule has 1 atom stereocenters. The van der Waals surface area contributed by atoms with Crippen molar-refractivity contribution >= 4 is 5.82 Å². The summed E-state index contributed by atoms with van der Waals surface area (Å²) in [6.07, 6.45) is 4.81. The van der Waals surface area contributed by atoms with Gasteiger partial charge in [0, 0.05) is 17.8 Å². The first kappa shape index (κ1) is 11.5. The number of rotatable bonds is 4. The zero-order valence-electron chi connectivity index (χ0n) is 10.6. The van der Waals surface area contributed by atoms with E-state index < -0.39 is 0 Å². The molecule has 3 nitrogen and oxygen atoms in total.